The molecule has 2 aliphatic heterocycles. The van der Waals surface area contributed by atoms with E-state index in [1.807, 2.05) is 13.2 Å². The Morgan fingerprint density at radius 2 is 1.87 bits per heavy atom. The van der Waals surface area contributed by atoms with Crippen molar-refractivity contribution >= 4 is 41.3 Å². The van der Waals surface area contributed by atoms with Crippen molar-refractivity contribution in [3.05, 3.63) is 65.9 Å². The zero-order valence-electron chi connectivity index (χ0n) is 17.8. The van der Waals surface area contributed by atoms with Gasteiger partial charge in [0.25, 0.3) is 0 Å². The summed E-state index contributed by atoms with van der Waals surface area (Å²) in [6, 6.07) is 15.0. The lowest BCUT2D eigenvalue weighted by atomic mass is 10.00. The quantitative estimate of drug-likeness (QED) is 0.367. The third-order valence-corrected chi connectivity index (χ3v) is 5.81. The van der Waals surface area contributed by atoms with Crippen LogP contribution in [-0.4, -0.2) is 49.1 Å². The summed E-state index contributed by atoms with van der Waals surface area (Å²) >= 11 is 0. The van der Waals surface area contributed by atoms with Gasteiger partial charge in [-0.3, -0.25) is 4.99 Å². The molecular formula is C24H32IN5. The molecule has 160 valence electrons. The first-order valence-corrected chi connectivity index (χ1v) is 10.7. The number of nitrogens with zero attached hydrogens (tertiary/aromatic N) is 4. The van der Waals surface area contributed by atoms with Crippen LogP contribution in [0.5, 0.6) is 0 Å². The molecule has 1 fully saturated rings. The van der Waals surface area contributed by atoms with E-state index in [-0.39, 0.29) is 24.0 Å². The van der Waals surface area contributed by atoms with Gasteiger partial charge in [0.1, 0.15) is 5.82 Å². The first kappa shape index (κ1) is 22.6. The summed E-state index contributed by atoms with van der Waals surface area (Å²) in [5.74, 6) is 2.07. The van der Waals surface area contributed by atoms with Crippen LogP contribution in [-0.2, 0) is 6.54 Å². The average Bonchev–Trinajstić information content (AvgIpc) is 2.81. The highest BCUT2D eigenvalue weighted by Gasteiger charge is 2.16. The Labute approximate surface area is 197 Å². The Kier molecular flexibility index (Phi) is 8.54. The van der Waals surface area contributed by atoms with E-state index in [2.05, 4.69) is 73.6 Å². The standard InChI is InChI=1S/C24H31N5.HI/c1-25-24(29-16-11-22(12-17-29)21-8-4-2-5-9-21)27-19-20-10-13-26-23(18-20)28-14-6-3-7-15-28;/h2,4-5,8-11,13,18H,3,6-7,12,14-17,19H2,1H3,(H,25,27);1H. The number of rotatable bonds is 4. The van der Waals surface area contributed by atoms with Crippen LogP contribution in [0.25, 0.3) is 5.57 Å². The molecule has 0 saturated carbocycles. The number of piperidine rings is 1. The fourth-order valence-electron chi connectivity index (χ4n) is 4.16. The highest BCUT2D eigenvalue weighted by molar-refractivity contribution is 14.0. The van der Waals surface area contributed by atoms with Gasteiger partial charge in [0.05, 0.1) is 0 Å². The summed E-state index contributed by atoms with van der Waals surface area (Å²) in [6.07, 6.45) is 9.17. The van der Waals surface area contributed by atoms with Gasteiger partial charge in [-0.15, -0.1) is 24.0 Å². The zero-order chi connectivity index (χ0) is 19.9. The molecule has 1 aromatic heterocycles. The van der Waals surface area contributed by atoms with Crippen LogP contribution < -0.4 is 10.2 Å². The first-order chi connectivity index (χ1) is 14.3. The molecule has 30 heavy (non-hydrogen) atoms. The van der Waals surface area contributed by atoms with Crippen LogP contribution in [0.2, 0.25) is 0 Å². The molecule has 0 bridgehead atoms. The first-order valence-electron chi connectivity index (χ1n) is 10.7. The Morgan fingerprint density at radius 1 is 1.07 bits per heavy atom. The van der Waals surface area contributed by atoms with Gasteiger partial charge in [-0.2, -0.15) is 0 Å². The van der Waals surface area contributed by atoms with E-state index in [1.165, 1.54) is 36.0 Å². The van der Waals surface area contributed by atoms with E-state index < -0.39 is 0 Å². The highest BCUT2D eigenvalue weighted by atomic mass is 127. The molecule has 0 aliphatic carbocycles. The van der Waals surface area contributed by atoms with E-state index in [0.29, 0.717) is 0 Å². The number of anilines is 1. The summed E-state index contributed by atoms with van der Waals surface area (Å²) in [6.45, 7) is 4.88. The van der Waals surface area contributed by atoms with Crippen molar-refractivity contribution in [1.29, 1.82) is 0 Å². The van der Waals surface area contributed by atoms with E-state index in [1.54, 1.807) is 0 Å². The van der Waals surface area contributed by atoms with Gasteiger partial charge >= 0.3 is 0 Å². The monoisotopic (exact) mass is 517 g/mol. The van der Waals surface area contributed by atoms with Gasteiger partial charge in [0.15, 0.2) is 5.96 Å². The predicted octanol–water partition coefficient (Wildman–Crippen LogP) is 4.55. The topological polar surface area (TPSA) is 43.8 Å². The molecule has 4 rings (SSSR count). The number of hydrogen-bond donors (Lipinski definition) is 1. The van der Waals surface area contributed by atoms with Gasteiger partial charge in [-0.1, -0.05) is 36.4 Å². The lowest BCUT2D eigenvalue weighted by Gasteiger charge is -2.30. The minimum Gasteiger partial charge on any atom is -0.357 e. The van der Waals surface area contributed by atoms with Crippen LogP contribution in [0.1, 0.15) is 36.8 Å². The van der Waals surface area contributed by atoms with Crippen molar-refractivity contribution in [2.75, 3.05) is 38.1 Å². The molecule has 1 aromatic carbocycles. The minimum atomic E-state index is 0. The van der Waals surface area contributed by atoms with Crippen LogP contribution in [0.15, 0.2) is 59.7 Å². The van der Waals surface area contributed by atoms with Crippen LogP contribution in [0.4, 0.5) is 5.82 Å². The van der Waals surface area contributed by atoms with Crippen molar-refractivity contribution in [3.63, 3.8) is 0 Å². The summed E-state index contributed by atoms with van der Waals surface area (Å²) in [5.41, 5.74) is 4.01. The third-order valence-electron chi connectivity index (χ3n) is 5.81. The summed E-state index contributed by atoms with van der Waals surface area (Å²) in [4.78, 5) is 13.8. The third kappa shape index (κ3) is 5.74. The van der Waals surface area contributed by atoms with E-state index in [4.69, 9.17) is 0 Å². The molecule has 0 amide bonds. The van der Waals surface area contributed by atoms with Gasteiger partial charge < -0.3 is 15.1 Å². The molecule has 1 saturated heterocycles. The normalized spacial score (nSPS) is 17.2. The lowest BCUT2D eigenvalue weighted by Crippen LogP contribution is -2.43. The fourth-order valence-corrected chi connectivity index (χ4v) is 4.16. The number of aromatic nitrogens is 1. The molecule has 1 N–H and O–H groups in total. The van der Waals surface area contributed by atoms with E-state index >= 15 is 0 Å². The molecular weight excluding hydrogens is 485 g/mol. The largest absolute Gasteiger partial charge is 0.357 e. The number of nitrogens with one attached hydrogen (secondary N) is 1. The van der Waals surface area contributed by atoms with Gasteiger partial charge in [-0.25, -0.2) is 4.98 Å². The van der Waals surface area contributed by atoms with Crippen LogP contribution in [0.3, 0.4) is 0 Å². The Balaban J connectivity index is 0.00000256. The van der Waals surface area contributed by atoms with Gasteiger partial charge in [-0.05, 0) is 54.5 Å². The molecule has 2 aliphatic rings. The van der Waals surface area contributed by atoms with Crippen molar-refractivity contribution in [2.45, 2.75) is 32.2 Å². The number of halogens is 1. The molecule has 0 spiro atoms. The van der Waals surface area contributed by atoms with Crippen molar-refractivity contribution in [1.82, 2.24) is 15.2 Å². The number of aliphatic imine (C=N–C) groups is 1. The maximum absolute atomic E-state index is 4.59. The van der Waals surface area contributed by atoms with Crippen molar-refractivity contribution in [2.24, 2.45) is 4.99 Å². The Hall–Kier alpha value is -2.09. The molecule has 2 aromatic rings. The van der Waals surface area contributed by atoms with Crippen molar-refractivity contribution in [3.8, 4) is 0 Å². The second-order valence-electron chi connectivity index (χ2n) is 7.76. The molecule has 0 atom stereocenters. The molecule has 5 nitrogen and oxygen atoms in total. The molecule has 0 radical (unpaired) electrons. The lowest BCUT2D eigenvalue weighted by molar-refractivity contribution is 0.440. The summed E-state index contributed by atoms with van der Waals surface area (Å²) in [7, 11) is 1.87. The van der Waals surface area contributed by atoms with Crippen LogP contribution in [0, 0.1) is 0 Å². The van der Waals surface area contributed by atoms with Gasteiger partial charge in [0, 0.05) is 46.0 Å². The fraction of sp³-hybridized carbons (Fsp3) is 0.417. The molecule has 6 heteroatoms. The Morgan fingerprint density at radius 3 is 2.57 bits per heavy atom. The Bertz CT molecular complexity index is 859. The molecule has 0 unspecified atom stereocenters. The molecule has 3 heterocycles. The van der Waals surface area contributed by atoms with Crippen LogP contribution >= 0.6 is 24.0 Å². The minimum absolute atomic E-state index is 0. The van der Waals surface area contributed by atoms with Gasteiger partial charge in [0.2, 0.25) is 0 Å². The smallest absolute Gasteiger partial charge is 0.194 e. The number of hydrogen-bond acceptors (Lipinski definition) is 3. The zero-order valence-corrected chi connectivity index (χ0v) is 20.1. The maximum atomic E-state index is 4.59. The average molecular weight is 517 g/mol. The highest BCUT2D eigenvalue weighted by Crippen LogP contribution is 2.22. The summed E-state index contributed by atoms with van der Waals surface area (Å²) in [5, 5.41) is 3.54. The second-order valence-corrected chi connectivity index (χ2v) is 7.76. The van der Waals surface area contributed by atoms with E-state index in [0.717, 1.165) is 50.9 Å². The maximum Gasteiger partial charge on any atom is 0.194 e. The number of pyridine rings is 1. The van der Waals surface area contributed by atoms with Crippen molar-refractivity contribution < 1.29 is 0 Å². The predicted molar refractivity (Wildman–Crippen MR) is 137 cm³/mol. The SMILES string of the molecule is CN=C(NCc1ccnc(N2CCCCC2)c1)N1CC=C(c2ccccc2)CC1.I. The summed E-state index contributed by atoms with van der Waals surface area (Å²) < 4.78 is 0. The number of benzene rings is 1. The number of guanidine groups is 1. The second kappa shape index (κ2) is 11.3. The van der Waals surface area contributed by atoms with E-state index in [9.17, 15) is 0 Å².